The summed E-state index contributed by atoms with van der Waals surface area (Å²) in [5.74, 6) is -13.1. The zero-order chi connectivity index (χ0) is 49.4. The number of nitrogens with two attached hydrogens (primary N) is 5. The van der Waals surface area contributed by atoms with Gasteiger partial charge in [0.05, 0.1) is 25.5 Å². The summed E-state index contributed by atoms with van der Waals surface area (Å²) >= 11 is 0. The van der Waals surface area contributed by atoms with Crippen molar-refractivity contribution >= 4 is 71.1 Å². The molecule has 27 heteroatoms. The van der Waals surface area contributed by atoms with Gasteiger partial charge in [0.15, 0.2) is 5.96 Å². The van der Waals surface area contributed by atoms with Crippen molar-refractivity contribution in [2.45, 2.75) is 134 Å². The predicted molar refractivity (Wildman–Crippen MR) is 225 cm³/mol. The Morgan fingerprint density at radius 2 is 1.08 bits per heavy atom. The number of carboxylic acid groups (broad SMARTS) is 2. The number of amides is 9. The fourth-order valence-electron chi connectivity index (χ4n) is 5.63. The van der Waals surface area contributed by atoms with E-state index in [1.54, 1.807) is 20.8 Å². The van der Waals surface area contributed by atoms with Crippen molar-refractivity contribution in [1.82, 2.24) is 37.2 Å². The first kappa shape index (κ1) is 57.4. The molecule has 0 aliphatic rings. The van der Waals surface area contributed by atoms with Crippen LogP contribution in [0.15, 0.2) is 4.99 Å². The number of rotatable bonds is 31. The highest BCUT2D eigenvalue weighted by Crippen LogP contribution is 2.11. The van der Waals surface area contributed by atoms with Gasteiger partial charge in [-0.15, -0.1) is 0 Å². The van der Waals surface area contributed by atoms with Gasteiger partial charge in [0, 0.05) is 13.0 Å². The molecule has 0 saturated carbocycles. The third-order valence-electron chi connectivity index (χ3n) is 9.34. The number of guanidine groups is 1. The van der Waals surface area contributed by atoms with Crippen molar-refractivity contribution in [3.8, 4) is 0 Å². The van der Waals surface area contributed by atoms with E-state index in [4.69, 9.17) is 28.7 Å². The second kappa shape index (κ2) is 28.9. The number of carboxylic acids is 2. The first-order valence-corrected chi connectivity index (χ1v) is 20.3. The van der Waals surface area contributed by atoms with Crippen LogP contribution < -0.4 is 65.9 Å². The largest absolute Gasteiger partial charge is 0.481 e. The molecule has 27 nitrogen and oxygen atoms in total. The minimum atomic E-state index is -1.83. The Hall–Kier alpha value is -6.64. The van der Waals surface area contributed by atoms with Gasteiger partial charge in [0.2, 0.25) is 53.2 Å². The fraction of sp³-hybridized carbons (Fsp3) is 0.676. The van der Waals surface area contributed by atoms with Crippen LogP contribution in [0.1, 0.15) is 86.0 Å². The standard InChI is InChI=1S/C37H65N13O14/c1-6-17(4)28(35(62)49-24(15-51)34(61)46-21(36(63)64)8-7-11-43-37(41)42)50-33(60)23(14-26(40)53)48-31(58)20(9-10-27(54)55)45-29(56)18(5)44-32(59)22(12-16(2)3)47-30(57)19(38)13-25(39)52/h16-24,28,51H,6-15,38H2,1-5H3,(H2,39,52)(H2,40,53)(H,44,59)(H,45,56)(H,46,61)(H,47,57)(H,48,58)(H,49,62)(H,50,60)(H,54,55)(H,63,64)(H4,41,42,43)/t17?,18-,19-,20-,21-,22-,23-,24-,28-/m0/s1. The van der Waals surface area contributed by atoms with Gasteiger partial charge in [-0.25, -0.2) is 4.79 Å². The smallest absolute Gasteiger partial charge is 0.326 e. The van der Waals surface area contributed by atoms with Gasteiger partial charge in [-0.1, -0.05) is 34.1 Å². The van der Waals surface area contributed by atoms with Crippen LogP contribution in [-0.2, 0) is 52.7 Å². The predicted octanol–water partition coefficient (Wildman–Crippen LogP) is -6.43. The second-order valence-electron chi connectivity index (χ2n) is 15.4. The number of nitrogens with zero attached hydrogens (tertiary/aromatic N) is 1. The van der Waals surface area contributed by atoms with Crippen LogP contribution in [0.25, 0.3) is 0 Å². The SMILES string of the molecule is CCC(C)[C@H](NC(=O)[C@H](CC(N)=O)NC(=O)[C@H](CCC(=O)O)NC(=O)[C@H](C)NC(=O)[C@H](CC(C)C)NC(=O)[C@@H](N)CC(N)=O)C(=O)N[C@@H](CO)C(=O)N[C@@H](CCCN=C(N)N)C(=O)O. The molecule has 0 radical (unpaired) electrons. The van der Waals surface area contributed by atoms with Gasteiger partial charge < -0.3 is 81.2 Å². The summed E-state index contributed by atoms with van der Waals surface area (Å²) in [4.78, 5) is 143. The number of aliphatic imine (C=N–C) groups is 1. The molecule has 9 atom stereocenters. The van der Waals surface area contributed by atoms with Crippen LogP contribution in [0.4, 0.5) is 0 Å². The van der Waals surface area contributed by atoms with E-state index in [9.17, 15) is 68.1 Å². The molecule has 20 N–H and O–H groups in total. The molecule has 0 aromatic rings. The lowest BCUT2D eigenvalue weighted by Crippen LogP contribution is -2.61. The van der Waals surface area contributed by atoms with Crippen molar-refractivity contribution in [3.05, 3.63) is 0 Å². The van der Waals surface area contributed by atoms with E-state index in [2.05, 4.69) is 42.2 Å². The summed E-state index contributed by atoms with van der Waals surface area (Å²) < 4.78 is 0. The molecule has 0 aliphatic heterocycles. The molecular weight excluding hydrogens is 850 g/mol. The monoisotopic (exact) mass is 915 g/mol. The highest BCUT2D eigenvalue weighted by atomic mass is 16.4. The zero-order valence-corrected chi connectivity index (χ0v) is 36.5. The molecule has 9 amide bonds. The van der Waals surface area contributed by atoms with Gasteiger partial charge in [0.25, 0.3) is 0 Å². The zero-order valence-electron chi connectivity index (χ0n) is 36.5. The van der Waals surface area contributed by atoms with E-state index < -0.39 is 152 Å². The molecule has 0 rings (SSSR count). The quantitative estimate of drug-likeness (QED) is 0.0175. The van der Waals surface area contributed by atoms with Gasteiger partial charge in [-0.3, -0.25) is 52.9 Å². The molecule has 0 fully saturated rings. The number of aliphatic carboxylic acids is 2. The van der Waals surface area contributed by atoms with Crippen LogP contribution in [0.5, 0.6) is 0 Å². The summed E-state index contributed by atoms with van der Waals surface area (Å²) in [6, 6.07) is -12.3. The number of nitrogens with one attached hydrogen (secondary N) is 7. The van der Waals surface area contributed by atoms with Gasteiger partial charge in [-0.2, -0.15) is 0 Å². The molecule has 0 saturated heterocycles. The average molecular weight is 916 g/mol. The Kier molecular flexibility index (Phi) is 25.9. The minimum absolute atomic E-state index is 0.0497. The first-order chi connectivity index (χ1) is 29.7. The molecule has 0 heterocycles. The van der Waals surface area contributed by atoms with E-state index in [1.165, 1.54) is 13.8 Å². The van der Waals surface area contributed by atoms with Crippen molar-refractivity contribution in [1.29, 1.82) is 0 Å². The number of hydrogen-bond donors (Lipinski definition) is 15. The Labute approximate surface area is 368 Å². The molecule has 0 bridgehead atoms. The van der Waals surface area contributed by atoms with Crippen molar-refractivity contribution in [3.63, 3.8) is 0 Å². The summed E-state index contributed by atoms with van der Waals surface area (Å²) in [7, 11) is 0. The van der Waals surface area contributed by atoms with Crippen LogP contribution in [0.2, 0.25) is 0 Å². The second-order valence-corrected chi connectivity index (χ2v) is 15.4. The molecule has 0 spiro atoms. The summed E-state index contributed by atoms with van der Waals surface area (Å²) in [5, 5.41) is 45.0. The number of carbonyl (C=O) groups excluding carboxylic acids is 9. The Balaban J connectivity index is 6.22. The number of primary amides is 2. The van der Waals surface area contributed by atoms with Crippen molar-refractivity contribution < 1.29 is 68.1 Å². The van der Waals surface area contributed by atoms with Crippen LogP contribution in [-0.4, -0.2) is 148 Å². The molecule has 64 heavy (non-hydrogen) atoms. The maximum atomic E-state index is 13.7. The molecule has 0 aromatic carbocycles. The third kappa shape index (κ3) is 22.5. The van der Waals surface area contributed by atoms with E-state index >= 15 is 0 Å². The molecule has 0 aromatic heterocycles. The maximum Gasteiger partial charge on any atom is 0.326 e. The van der Waals surface area contributed by atoms with Crippen LogP contribution in [0, 0.1) is 11.8 Å². The molecular formula is C37H65N13O14. The number of hydrogen-bond acceptors (Lipinski definition) is 14. The van der Waals surface area contributed by atoms with Crippen molar-refractivity contribution in [2.75, 3.05) is 13.2 Å². The normalized spacial score (nSPS) is 15.1. The number of aliphatic hydroxyl groups is 1. The summed E-state index contributed by atoms with van der Waals surface area (Å²) in [6.07, 6.45) is -2.34. The summed E-state index contributed by atoms with van der Waals surface area (Å²) in [5.41, 5.74) is 26.6. The Bertz CT molecular complexity index is 1710. The Morgan fingerprint density at radius 1 is 0.578 bits per heavy atom. The lowest BCUT2D eigenvalue weighted by molar-refractivity contribution is -0.143. The highest BCUT2D eigenvalue weighted by Gasteiger charge is 2.36. The number of carbonyl (C=O) groups is 11. The van der Waals surface area contributed by atoms with Gasteiger partial charge in [-0.05, 0) is 44.4 Å². The van der Waals surface area contributed by atoms with E-state index in [1.807, 2.05) is 0 Å². The molecule has 1 unspecified atom stereocenters. The van der Waals surface area contributed by atoms with Crippen LogP contribution in [0.3, 0.4) is 0 Å². The maximum absolute atomic E-state index is 13.7. The first-order valence-electron chi connectivity index (χ1n) is 20.3. The molecule has 362 valence electrons. The lowest BCUT2D eigenvalue weighted by Gasteiger charge is -2.29. The third-order valence-corrected chi connectivity index (χ3v) is 9.34. The molecule has 0 aliphatic carbocycles. The number of aliphatic hydroxyl groups excluding tert-OH is 1. The average Bonchev–Trinajstić information content (AvgIpc) is 3.19. The van der Waals surface area contributed by atoms with Gasteiger partial charge >= 0.3 is 11.9 Å². The van der Waals surface area contributed by atoms with E-state index in [0.717, 1.165) is 0 Å². The lowest BCUT2D eigenvalue weighted by atomic mass is 9.97. The van der Waals surface area contributed by atoms with Crippen LogP contribution >= 0.6 is 0 Å². The fourth-order valence-corrected chi connectivity index (χ4v) is 5.63. The minimum Gasteiger partial charge on any atom is -0.481 e. The van der Waals surface area contributed by atoms with Crippen molar-refractivity contribution in [2.24, 2.45) is 45.5 Å². The van der Waals surface area contributed by atoms with E-state index in [-0.39, 0.29) is 44.1 Å². The highest BCUT2D eigenvalue weighted by molar-refractivity contribution is 5.99. The van der Waals surface area contributed by atoms with E-state index in [0.29, 0.717) is 0 Å². The summed E-state index contributed by atoms with van der Waals surface area (Å²) in [6.45, 7) is 6.88. The topological polar surface area (TPSA) is 475 Å². The Morgan fingerprint density at radius 3 is 1.58 bits per heavy atom. The van der Waals surface area contributed by atoms with Gasteiger partial charge in [0.1, 0.15) is 42.3 Å².